The van der Waals surface area contributed by atoms with Crippen molar-refractivity contribution in [2.24, 2.45) is 5.73 Å². The summed E-state index contributed by atoms with van der Waals surface area (Å²) in [6.45, 7) is 6.11. The molecule has 2 nitrogen and oxygen atoms in total. The molecule has 0 atom stereocenters. The Labute approximate surface area is 105 Å². The van der Waals surface area contributed by atoms with Gasteiger partial charge in [-0.1, -0.05) is 30.5 Å². The Kier molecular flexibility index (Phi) is 4.06. The largest absolute Gasteiger partial charge is 0.369 e. The molecule has 2 heteroatoms. The second kappa shape index (κ2) is 5.54. The van der Waals surface area contributed by atoms with Gasteiger partial charge in [-0.05, 0) is 38.3 Å². The van der Waals surface area contributed by atoms with Crippen molar-refractivity contribution in [3.05, 3.63) is 29.3 Å². The number of rotatable bonds is 4. The lowest BCUT2D eigenvalue weighted by Crippen LogP contribution is -2.34. The van der Waals surface area contributed by atoms with Crippen molar-refractivity contribution >= 4 is 5.69 Å². The topological polar surface area (TPSA) is 29.3 Å². The van der Waals surface area contributed by atoms with Crippen LogP contribution in [0.15, 0.2) is 18.2 Å². The number of anilines is 1. The average molecular weight is 232 g/mol. The highest BCUT2D eigenvalue weighted by Gasteiger charge is 2.22. The van der Waals surface area contributed by atoms with Crippen LogP contribution in [0.1, 0.15) is 43.7 Å². The number of nitrogens with zero attached hydrogens (tertiary/aromatic N) is 1. The first kappa shape index (κ1) is 12.4. The van der Waals surface area contributed by atoms with Crippen LogP contribution < -0.4 is 10.6 Å². The highest BCUT2D eigenvalue weighted by molar-refractivity contribution is 5.55. The summed E-state index contributed by atoms with van der Waals surface area (Å²) in [6.07, 6.45) is 5.44. The average Bonchev–Trinajstić information content (AvgIpc) is 2.85. The summed E-state index contributed by atoms with van der Waals surface area (Å²) in [6, 6.07) is 7.41. The van der Waals surface area contributed by atoms with Gasteiger partial charge < -0.3 is 10.6 Å². The van der Waals surface area contributed by atoms with E-state index in [2.05, 4.69) is 36.9 Å². The molecule has 0 saturated heterocycles. The van der Waals surface area contributed by atoms with Crippen LogP contribution in [0, 0.1) is 6.92 Å². The van der Waals surface area contributed by atoms with E-state index in [1.807, 2.05) is 0 Å². The Balaban J connectivity index is 2.29. The van der Waals surface area contributed by atoms with E-state index in [0.717, 1.165) is 12.6 Å². The molecule has 0 spiro atoms. The van der Waals surface area contributed by atoms with Gasteiger partial charge in [0, 0.05) is 24.8 Å². The molecule has 0 radical (unpaired) electrons. The summed E-state index contributed by atoms with van der Waals surface area (Å²) in [7, 11) is 0. The van der Waals surface area contributed by atoms with Crippen molar-refractivity contribution in [2.45, 2.75) is 52.1 Å². The summed E-state index contributed by atoms with van der Waals surface area (Å²) in [5.41, 5.74) is 9.83. The molecule has 0 bridgehead atoms. The Hall–Kier alpha value is -1.02. The smallest absolute Gasteiger partial charge is 0.0414 e. The summed E-state index contributed by atoms with van der Waals surface area (Å²) in [4.78, 5) is 2.55. The van der Waals surface area contributed by atoms with Gasteiger partial charge in [-0.25, -0.2) is 0 Å². The second-order valence-electron chi connectivity index (χ2n) is 5.06. The van der Waals surface area contributed by atoms with Gasteiger partial charge >= 0.3 is 0 Å². The van der Waals surface area contributed by atoms with Crippen LogP contribution in [0.4, 0.5) is 5.69 Å². The normalized spacial score (nSPS) is 16.4. The minimum atomic E-state index is 0.639. The van der Waals surface area contributed by atoms with E-state index in [9.17, 15) is 0 Å². The molecule has 1 aromatic carbocycles. The summed E-state index contributed by atoms with van der Waals surface area (Å²) in [5, 5.41) is 0. The van der Waals surface area contributed by atoms with Crippen molar-refractivity contribution in [1.29, 1.82) is 0 Å². The lowest BCUT2D eigenvalue weighted by Gasteiger charge is -2.31. The standard InChI is InChI=1S/C15H24N2/c1-3-17(14-6-4-5-7-14)15-9-8-12(2)10-13(15)11-16/h8-10,14H,3-7,11,16H2,1-2H3. The summed E-state index contributed by atoms with van der Waals surface area (Å²) in [5.74, 6) is 0. The van der Waals surface area contributed by atoms with Crippen molar-refractivity contribution in [3.8, 4) is 0 Å². The predicted octanol–water partition coefficient (Wildman–Crippen LogP) is 3.22. The zero-order chi connectivity index (χ0) is 12.3. The van der Waals surface area contributed by atoms with Gasteiger partial charge in [0.1, 0.15) is 0 Å². The molecule has 0 unspecified atom stereocenters. The fourth-order valence-electron chi connectivity index (χ4n) is 3.00. The maximum atomic E-state index is 5.88. The molecule has 0 aromatic heterocycles. The molecule has 0 heterocycles. The van der Waals surface area contributed by atoms with Crippen molar-refractivity contribution < 1.29 is 0 Å². The van der Waals surface area contributed by atoms with Gasteiger partial charge in [0.25, 0.3) is 0 Å². The Bertz CT molecular complexity index is 367. The summed E-state index contributed by atoms with van der Waals surface area (Å²) >= 11 is 0. The Morgan fingerprint density at radius 3 is 2.59 bits per heavy atom. The van der Waals surface area contributed by atoms with Crippen LogP contribution in [-0.4, -0.2) is 12.6 Å². The van der Waals surface area contributed by atoms with Crippen LogP contribution in [0.25, 0.3) is 0 Å². The first-order valence-corrected chi connectivity index (χ1v) is 6.82. The number of hydrogen-bond donors (Lipinski definition) is 1. The number of nitrogens with two attached hydrogens (primary N) is 1. The van der Waals surface area contributed by atoms with Crippen LogP contribution in [0.3, 0.4) is 0 Å². The van der Waals surface area contributed by atoms with E-state index < -0.39 is 0 Å². The zero-order valence-corrected chi connectivity index (χ0v) is 11.1. The third-order valence-corrected chi connectivity index (χ3v) is 3.87. The minimum Gasteiger partial charge on any atom is -0.369 e. The first-order valence-electron chi connectivity index (χ1n) is 6.82. The van der Waals surface area contributed by atoms with Crippen LogP contribution in [-0.2, 0) is 6.54 Å². The quantitative estimate of drug-likeness (QED) is 0.863. The molecule has 1 fully saturated rings. The third kappa shape index (κ3) is 2.63. The number of hydrogen-bond acceptors (Lipinski definition) is 2. The Morgan fingerprint density at radius 1 is 1.29 bits per heavy atom. The number of benzene rings is 1. The molecular formula is C15H24N2. The van der Waals surface area contributed by atoms with Gasteiger partial charge in [-0.3, -0.25) is 0 Å². The van der Waals surface area contributed by atoms with E-state index in [0.29, 0.717) is 6.54 Å². The molecule has 0 amide bonds. The molecule has 2 rings (SSSR count). The van der Waals surface area contributed by atoms with Gasteiger partial charge in [0.2, 0.25) is 0 Å². The van der Waals surface area contributed by atoms with Gasteiger partial charge in [-0.15, -0.1) is 0 Å². The molecule has 2 N–H and O–H groups in total. The van der Waals surface area contributed by atoms with Crippen molar-refractivity contribution in [2.75, 3.05) is 11.4 Å². The lowest BCUT2D eigenvalue weighted by atomic mass is 10.1. The van der Waals surface area contributed by atoms with Gasteiger partial charge in [0.05, 0.1) is 0 Å². The second-order valence-corrected chi connectivity index (χ2v) is 5.06. The lowest BCUT2D eigenvalue weighted by molar-refractivity contribution is 0.617. The molecular weight excluding hydrogens is 208 g/mol. The molecule has 17 heavy (non-hydrogen) atoms. The molecule has 1 aliphatic carbocycles. The summed E-state index contributed by atoms with van der Waals surface area (Å²) < 4.78 is 0. The maximum absolute atomic E-state index is 5.88. The van der Waals surface area contributed by atoms with Crippen LogP contribution >= 0.6 is 0 Å². The first-order chi connectivity index (χ1) is 8.26. The fraction of sp³-hybridized carbons (Fsp3) is 0.600. The van der Waals surface area contributed by atoms with E-state index in [1.54, 1.807) is 0 Å². The molecule has 1 saturated carbocycles. The van der Waals surface area contributed by atoms with E-state index in [4.69, 9.17) is 5.73 Å². The van der Waals surface area contributed by atoms with Crippen LogP contribution in [0.5, 0.6) is 0 Å². The van der Waals surface area contributed by atoms with E-state index in [-0.39, 0.29) is 0 Å². The highest BCUT2D eigenvalue weighted by Crippen LogP contribution is 2.30. The minimum absolute atomic E-state index is 0.639. The molecule has 94 valence electrons. The zero-order valence-electron chi connectivity index (χ0n) is 11.1. The monoisotopic (exact) mass is 232 g/mol. The SMILES string of the molecule is CCN(c1ccc(C)cc1CN)C1CCCC1. The van der Waals surface area contributed by atoms with Gasteiger partial charge in [0.15, 0.2) is 0 Å². The van der Waals surface area contributed by atoms with E-state index >= 15 is 0 Å². The predicted molar refractivity (Wildman–Crippen MR) is 74.3 cm³/mol. The molecule has 0 aliphatic heterocycles. The highest BCUT2D eigenvalue weighted by atomic mass is 15.2. The molecule has 1 aliphatic rings. The fourth-order valence-corrected chi connectivity index (χ4v) is 3.00. The van der Waals surface area contributed by atoms with E-state index in [1.165, 1.54) is 42.5 Å². The van der Waals surface area contributed by atoms with Crippen molar-refractivity contribution in [1.82, 2.24) is 0 Å². The maximum Gasteiger partial charge on any atom is 0.0414 e. The van der Waals surface area contributed by atoms with Crippen LogP contribution in [0.2, 0.25) is 0 Å². The number of aryl methyl sites for hydroxylation is 1. The molecule has 1 aromatic rings. The van der Waals surface area contributed by atoms with Gasteiger partial charge in [-0.2, -0.15) is 0 Å². The van der Waals surface area contributed by atoms with Crippen molar-refractivity contribution in [3.63, 3.8) is 0 Å². The third-order valence-electron chi connectivity index (χ3n) is 3.87. The Morgan fingerprint density at radius 2 is 2.00 bits per heavy atom.